The van der Waals surface area contributed by atoms with Crippen molar-refractivity contribution in [2.24, 2.45) is 0 Å². The first-order chi connectivity index (χ1) is 13.1. The number of rotatable bonds is 4. The Balaban J connectivity index is 1.77. The molecule has 0 aromatic heterocycles. The van der Waals surface area contributed by atoms with E-state index < -0.39 is 21.9 Å². The van der Waals surface area contributed by atoms with Gasteiger partial charge in [0.15, 0.2) is 0 Å². The molecule has 1 atom stereocenters. The van der Waals surface area contributed by atoms with Gasteiger partial charge in [-0.05, 0) is 60.2 Å². The Bertz CT molecular complexity index is 949. The largest absolute Gasteiger partial charge is 0.325 e. The van der Waals surface area contributed by atoms with Crippen LogP contribution in [0.5, 0.6) is 0 Å². The highest BCUT2D eigenvalue weighted by Gasteiger charge is 2.39. The number of carbonyl (C=O) groups excluding carboxylic acids is 1. The zero-order chi connectivity index (χ0) is 20.5. The molecule has 2 aromatic rings. The van der Waals surface area contributed by atoms with E-state index in [1.54, 1.807) is 0 Å². The van der Waals surface area contributed by atoms with Crippen LogP contribution < -0.4 is 5.32 Å². The van der Waals surface area contributed by atoms with Crippen molar-refractivity contribution in [3.05, 3.63) is 59.9 Å². The fourth-order valence-corrected chi connectivity index (χ4v) is 4.97. The van der Waals surface area contributed by atoms with Gasteiger partial charge in [0.05, 0.1) is 4.90 Å². The average molecular weight is 405 g/mol. The van der Waals surface area contributed by atoms with Crippen LogP contribution in [0, 0.1) is 5.82 Å². The highest BCUT2D eigenvalue weighted by Crippen LogP contribution is 2.28. The molecule has 1 saturated heterocycles. The third-order valence-corrected chi connectivity index (χ3v) is 6.87. The fourth-order valence-electron chi connectivity index (χ4n) is 3.31. The summed E-state index contributed by atoms with van der Waals surface area (Å²) in [5.74, 6) is -0.861. The second kappa shape index (κ2) is 7.64. The highest BCUT2D eigenvalue weighted by atomic mass is 32.2. The Morgan fingerprint density at radius 2 is 1.68 bits per heavy atom. The molecule has 0 aliphatic carbocycles. The minimum Gasteiger partial charge on any atom is -0.325 e. The molecule has 0 spiro atoms. The summed E-state index contributed by atoms with van der Waals surface area (Å²) in [6.45, 7) is 6.59. The van der Waals surface area contributed by atoms with Crippen molar-refractivity contribution in [1.29, 1.82) is 0 Å². The van der Waals surface area contributed by atoms with E-state index in [0.29, 0.717) is 18.5 Å². The molecule has 28 heavy (non-hydrogen) atoms. The van der Waals surface area contributed by atoms with Crippen molar-refractivity contribution in [1.82, 2.24) is 4.31 Å². The zero-order valence-corrected chi connectivity index (χ0v) is 17.1. The molecule has 1 unspecified atom stereocenters. The molecule has 0 bridgehead atoms. The van der Waals surface area contributed by atoms with Gasteiger partial charge in [-0.15, -0.1) is 0 Å². The lowest BCUT2D eigenvalue weighted by molar-refractivity contribution is -0.119. The summed E-state index contributed by atoms with van der Waals surface area (Å²) in [6.07, 6.45) is 1.05. The van der Waals surface area contributed by atoms with E-state index in [2.05, 4.69) is 26.1 Å². The van der Waals surface area contributed by atoms with Crippen LogP contribution in [0.25, 0.3) is 0 Å². The van der Waals surface area contributed by atoms with Crippen molar-refractivity contribution in [2.75, 3.05) is 11.9 Å². The number of nitrogens with zero attached hydrogens (tertiary/aromatic N) is 1. The van der Waals surface area contributed by atoms with Gasteiger partial charge in [0, 0.05) is 12.2 Å². The van der Waals surface area contributed by atoms with Gasteiger partial charge in [0.1, 0.15) is 11.9 Å². The number of halogens is 1. The Morgan fingerprint density at radius 1 is 1.07 bits per heavy atom. The van der Waals surface area contributed by atoms with Crippen molar-refractivity contribution in [3.63, 3.8) is 0 Å². The van der Waals surface area contributed by atoms with E-state index in [1.165, 1.54) is 16.4 Å². The first-order valence-electron chi connectivity index (χ1n) is 9.28. The molecule has 2 aromatic carbocycles. The molecule has 1 heterocycles. The Labute approximate surface area is 165 Å². The number of amides is 1. The lowest BCUT2D eigenvalue weighted by Gasteiger charge is -2.24. The molecule has 1 aliphatic rings. The third-order valence-electron chi connectivity index (χ3n) is 4.95. The molecule has 1 amide bonds. The molecule has 1 N–H and O–H groups in total. The van der Waals surface area contributed by atoms with Crippen molar-refractivity contribution in [3.8, 4) is 0 Å². The van der Waals surface area contributed by atoms with Gasteiger partial charge in [-0.3, -0.25) is 4.79 Å². The monoisotopic (exact) mass is 404 g/mol. The number of benzene rings is 2. The summed E-state index contributed by atoms with van der Waals surface area (Å²) < 4.78 is 40.1. The van der Waals surface area contributed by atoms with Gasteiger partial charge in [-0.1, -0.05) is 32.9 Å². The first kappa shape index (κ1) is 20.5. The molecular weight excluding hydrogens is 379 g/mol. The fraction of sp³-hybridized carbons (Fsp3) is 0.381. The average Bonchev–Trinajstić information content (AvgIpc) is 3.12. The standard InChI is InChI=1S/C21H25FN2O3S/c1-21(2,3)15-6-10-17(11-7-15)23-20(25)19-5-4-14-24(19)28(26,27)18-12-8-16(22)9-13-18/h6-13,19H,4-5,14H2,1-3H3,(H,23,25). The number of hydrogen-bond acceptors (Lipinski definition) is 3. The number of anilines is 1. The third kappa shape index (κ3) is 4.25. The minimum atomic E-state index is -3.86. The smallest absolute Gasteiger partial charge is 0.243 e. The van der Waals surface area contributed by atoms with Gasteiger partial charge in [0.25, 0.3) is 0 Å². The predicted molar refractivity (Wildman–Crippen MR) is 107 cm³/mol. The van der Waals surface area contributed by atoms with Gasteiger partial charge < -0.3 is 5.32 Å². The number of hydrogen-bond donors (Lipinski definition) is 1. The molecule has 0 radical (unpaired) electrons. The summed E-state index contributed by atoms with van der Waals surface area (Å²) >= 11 is 0. The number of nitrogens with one attached hydrogen (secondary N) is 1. The van der Waals surface area contributed by atoms with Crippen LogP contribution in [0.2, 0.25) is 0 Å². The molecule has 150 valence electrons. The quantitative estimate of drug-likeness (QED) is 0.840. The van der Waals surface area contributed by atoms with Crippen LogP contribution >= 0.6 is 0 Å². The van der Waals surface area contributed by atoms with Gasteiger partial charge in [-0.2, -0.15) is 4.31 Å². The lowest BCUT2D eigenvalue weighted by Crippen LogP contribution is -2.43. The Morgan fingerprint density at radius 3 is 2.25 bits per heavy atom. The minimum absolute atomic E-state index is 0.00796. The highest BCUT2D eigenvalue weighted by molar-refractivity contribution is 7.89. The maximum atomic E-state index is 13.1. The van der Waals surface area contributed by atoms with Crippen LogP contribution in [0.1, 0.15) is 39.2 Å². The number of carbonyl (C=O) groups is 1. The van der Waals surface area contributed by atoms with E-state index in [4.69, 9.17) is 0 Å². The molecule has 1 aliphatic heterocycles. The van der Waals surface area contributed by atoms with E-state index in [0.717, 1.165) is 17.7 Å². The van der Waals surface area contributed by atoms with Crippen LogP contribution in [-0.4, -0.2) is 31.2 Å². The topological polar surface area (TPSA) is 66.5 Å². The van der Waals surface area contributed by atoms with E-state index in [9.17, 15) is 17.6 Å². The first-order valence-corrected chi connectivity index (χ1v) is 10.7. The molecular formula is C21H25FN2O3S. The van der Waals surface area contributed by atoms with Gasteiger partial charge in [-0.25, -0.2) is 12.8 Å². The van der Waals surface area contributed by atoms with Crippen LogP contribution in [0.4, 0.5) is 10.1 Å². The maximum absolute atomic E-state index is 13.1. The predicted octanol–water partition coefficient (Wildman–Crippen LogP) is 3.92. The SMILES string of the molecule is CC(C)(C)c1ccc(NC(=O)C2CCCN2S(=O)(=O)c2ccc(F)cc2)cc1. The maximum Gasteiger partial charge on any atom is 0.243 e. The Hall–Kier alpha value is -2.25. The van der Waals surface area contributed by atoms with E-state index >= 15 is 0 Å². The summed E-state index contributed by atoms with van der Waals surface area (Å²) in [4.78, 5) is 12.8. The second-order valence-corrected chi connectivity index (χ2v) is 9.93. The van der Waals surface area contributed by atoms with Gasteiger partial charge >= 0.3 is 0 Å². The summed E-state index contributed by atoms with van der Waals surface area (Å²) in [5, 5.41) is 2.82. The number of sulfonamides is 1. The van der Waals surface area contributed by atoms with Crippen molar-refractivity contribution >= 4 is 21.6 Å². The molecule has 3 rings (SSSR count). The normalized spacial score (nSPS) is 18.2. The van der Waals surface area contributed by atoms with Crippen LogP contribution in [-0.2, 0) is 20.2 Å². The van der Waals surface area contributed by atoms with E-state index in [-0.39, 0.29) is 22.8 Å². The summed E-state index contributed by atoms with van der Waals surface area (Å²) in [6, 6.07) is 11.4. The molecule has 7 heteroatoms. The van der Waals surface area contributed by atoms with Crippen molar-refractivity contribution < 1.29 is 17.6 Å². The summed E-state index contributed by atoms with van der Waals surface area (Å²) in [7, 11) is -3.86. The summed E-state index contributed by atoms with van der Waals surface area (Å²) in [5.41, 5.74) is 1.78. The van der Waals surface area contributed by atoms with Gasteiger partial charge in [0.2, 0.25) is 15.9 Å². The van der Waals surface area contributed by atoms with Crippen molar-refractivity contribution in [2.45, 2.75) is 50.0 Å². The second-order valence-electron chi connectivity index (χ2n) is 8.04. The van der Waals surface area contributed by atoms with Crippen LogP contribution in [0.3, 0.4) is 0 Å². The Kier molecular flexibility index (Phi) is 5.59. The molecule has 5 nitrogen and oxygen atoms in total. The van der Waals surface area contributed by atoms with Crippen LogP contribution in [0.15, 0.2) is 53.4 Å². The lowest BCUT2D eigenvalue weighted by atomic mass is 9.87. The molecule has 0 saturated carbocycles. The molecule has 1 fully saturated rings. The van der Waals surface area contributed by atoms with E-state index in [1.807, 2.05) is 24.3 Å². The zero-order valence-electron chi connectivity index (χ0n) is 16.3.